The summed E-state index contributed by atoms with van der Waals surface area (Å²) in [4.78, 5) is 38.3. The lowest BCUT2D eigenvalue weighted by Crippen LogP contribution is -2.30. The number of ether oxygens (including phenoxy) is 3. The van der Waals surface area contributed by atoms with Crippen molar-refractivity contribution >= 4 is 17.9 Å². The highest BCUT2D eigenvalue weighted by atomic mass is 16.6. The molecule has 0 rings (SSSR count). The molecule has 0 aliphatic heterocycles. The van der Waals surface area contributed by atoms with Crippen molar-refractivity contribution in [3.05, 3.63) is 60.8 Å². The highest BCUT2D eigenvalue weighted by Gasteiger charge is 2.19. The molecule has 0 saturated heterocycles. The van der Waals surface area contributed by atoms with Gasteiger partial charge in [0.2, 0.25) is 0 Å². The van der Waals surface area contributed by atoms with Gasteiger partial charge in [-0.3, -0.25) is 14.4 Å². The first-order valence-electron chi connectivity index (χ1n) is 32.8. The van der Waals surface area contributed by atoms with Gasteiger partial charge in [0, 0.05) is 19.3 Å². The summed E-state index contributed by atoms with van der Waals surface area (Å²) < 4.78 is 16.9. The van der Waals surface area contributed by atoms with Crippen molar-refractivity contribution in [3.8, 4) is 0 Å². The van der Waals surface area contributed by atoms with Crippen LogP contribution in [0.4, 0.5) is 0 Å². The van der Waals surface area contributed by atoms with Gasteiger partial charge in [-0.1, -0.05) is 274 Å². The zero-order valence-corrected chi connectivity index (χ0v) is 50.1. The maximum atomic E-state index is 12.9. The molecule has 0 aromatic carbocycles. The number of carbonyl (C=O) groups excluding carboxylic acids is 3. The topological polar surface area (TPSA) is 78.9 Å². The van der Waals surface area contributed by atoms with E-state index < -0.39 is 6.10 Å². The van der Waals surface area contributed by atoms with Gasteiger partial charge in [-0.15, -0.1) is 0 Å². The van der Waals surface area contributed by atoms with E-state index >= 15 is 0 Å². The van der Waals surface area contributed by atoms with Crippen molar-refractivity contribution in [2.75, 3.05) is 13.2 Å². The third kappa shape index (κ3) is 61.8. The van der Waals surface area contributed by atoms with Crippen LogP contribution in [-0.4, -0.2) is 37.2 Å². The molecule has 0 saturated carbocycles. The summed E-state index contributed by atoms with van der Waals surface area (Å²) in [6.45, 7) is 6.62. The average molecular weight is 1050 g/mol. The lowest BCUT2D eigenvalue weighted by atomic mass is 10.0. The Morgan fingerprint density at radius 2 is 0.480 bits per heavy atom. The third-order valence-electron chi connectivity index (χ3n) is 14.5. The molecule has 0 radical (unpaired) electrons. The van der Waals surface area contributed by atoms with E-state index in [-0.39, 0.29) is 31.1 Å². The highest BCUT2D eigenvalue weighted by Crippen LogP contribution is 2.17. The first kappa shape index (κ1) is 72.1. The number of allylic oxidation sites excluding steroid dienone is 10. The number of esters is 3. The fraction of sp³-hybridized carbons (Fsp3) is 0.812. The molecule has 6 nitrogen and oxygen atoms in total. The van der Waals surface area contributed by atoms with Crippen LogP contribution in [0.3, 0.4) is 0 Å². The van der Waals surface area contributed by atoms with Crippen LogP contribution >= 0.6 is 0 Å². The van der Waals surface area contributed by atoms with E-state index in [1.807, 2.05) is 0 Å². The van der Waals surface area contributed by atoms with Crippen LogP contribution in [0.1, 0.15) is 342 Å². The zero-order valence-electron chi connectivity index (χ0n) is 50.1. The van der Waals surface area contributed by atoms with Gasteiger partial charge in [0.05, 0.1) is 0 Å². The van der Waals surface area contributed by atoms with Gasteiger partial charge in [0.25, 0.3) is 0 Å². The van der Waals surface area contributed by atoms with E-state index in [0.717, 1.165) is 77.0 Å². The molecular formula is C69H124O6. The standard InChI is InChI=1S/C69H124O6/c1-4-7-10-13-16-19-22-25-27-29-31-32-33-34-35-36-38-39-41-44-47-50-53-56-59-62-68(71)74-65-66(64-73-67(70)61-58-55-52-49-46-43-24-21-18-15-12-9-6-3)75-69(72)63-60-57-54-51-48-45-42-40-37-30-28-26-23-20-17-14-11-8-5-2/h17,20-22,24-26,28-29,31,66H,4-16,18-19,23,27,30,32-65H2,1-3H3/b20-17-,24-21-,25-22-,28-26-,31-29-. The van der Waals surface area contributed by atoms with Gasteiger partial charge in [-0.05, 0) is 109 Å². The Bertz CT molecular complexity index is 1340. The predicted octanol–water partition coefficient (Wildman–Crippen LogP) is 22.3. The Kier molecular flexibility index (Phi) is 61.2. The highest BCUT2D eigenvalue weighted by molar-refractivity contribution is 5.71. The number of rotatable bonds is 60. The van der Waals surface area contributed by atoms with Crippen LogP contribution in [0.25, 0.3) is 0 Å². The van der Waals surface area contributed by atoms with E-state index in [1.165, 1.54) is 225 Å². The molecule has 0 N–H and O–H groups in total. The van der Waals surface area contributed by atoms with Crippen LogP contribution in [0.5, 0.6) is 0 Å². The molecule has 6 heteroatoms. The second-order valence-electron chi connectivity index (χ2n) is 22.0. The van der Waals surface area contributed by atoms with Gasteiger partial charge in [0.1, 0.15) is 13.2 Å². The Morgan fingerprint density at radius 3 is 0.787 bits per heavy atom. The van der Waals surface area contributed by atoms with E-state index in [0.29, 0.717) is 19.3 Å². The molecule has 0 heterocycles. The molecule has 75 heavy (non-hydrogen) atoms. The van der Waals surface area contributed by atoms with Gasteiger partial charge in [-0.25, -0.2) is 0 Å². The molecule has 0 fully saturated rings. The Balaban J connectivity index is 4.28. The minimum Gasteiger partial charge on any atom is -0.462 e. The van der Waals surface area contributed by atoms with Gasteiger partial charge < -0.3 is 14.2 Å². The number of carbonyl (C=O) groups is 3. The van der Waals surface area contributed by atoms with Crippen molar-refractivity contribution in [1.29, 1.82) is 0 Å². The fourth-order valence-corrected chi connectivity index (χ4v) is 9.50. The molecule has 0 aromatic rings. The molecule has 0 spiro atoms. The minimum absolute atomic E-state index is 0.0767. The molecular weight excluding hydrogens is 925 g/mol. The van der Waals surface area contributed by atoms with E-state index in [4.69, 9.17) is 14.2 Å². The van der Waals surface area contributed by atoms with Crippen molar-refractivity contribution in [3.63, 3.8) is 0 Å². The van der Waals surface area contributed by atoms with Crippen LogP contribution in [-0.2, 0) is 28.6 Å². The fourth-order valence-electron chi connectivity index (χ4n) is 9.50. The average Bonchev–Trinajstić information content (AvgIpc) is 3.41. The lowest BCUT2D eigenvalue weighted by molar-refractivity contribution is -0.167. The molecule has 0 bridgehead atoms. The largest absolute Gasteiger partial charge is 0.462 e. The maximum absolute atomic E-state index is 12.9. The molecule has 0 aromatic heterocycles. The van der Waals surface area contributed by atoms with Crippen molar-refractivity contribution in [2.45, 2.75) is 348 Å². The second kappa shape index (κ2) is 63.6. The smallest absolute Gasteiger partial charge is 0.306 e. The number of hydrogen-bond acceptors (Lipinski definition) is 6. The van der Waals surface area contributed by atoms with E-state index in [9.17, 15) is 14.4 Å². The van der Waals surface area contributed by atoms with E-state index in [1.54, 1.807) is 0 Å². The predicted molar refractivity (Wildman–Crippen MR) is 325 cm³/mol. The van der Waals surface area contributed by atoms with Crippen LogP contribution in [0.2, 0.25) is 0 Å². The summed E-state index contributed by atoms with van der Waals surface area (Å²) >= 11 is 0. The Labute approximate surface area is 466 Å². The second-order valence-corrected chi connectivity index (χ2v) is 22.0. The third-order valence-corrected chi connectivity index (χ3v) is 14.5. The summed E-state index contributed by atoms with van der Waals surface area (Å²) in [6, 6.07) is 0. The molecule has 1 atom stereocenters. The summed E-state index contributed by atoms with van der Waals surface area (Å²) in [6.07, 6.45) is 80.8. The molecule has 0 aliphatic rings. The summed E-state index contributed by atoms with van der Waals surface area (Å²) in [5.41, 5.74) is 0. The van der Waals surface area contributed by atoms with Crippen molar-refractivity contribution < 1.29 is 28.6 Å². The quantitative estimate of drug-likeness (QED) is 0.0261. The van der Waals surface area contributed by atoms with Gasteiger partial charge in [-0.2, -0.15) is 0 Å². The summed E-state index contributed by atoms with van der Waals surface area (Å²) in [5.74, 6) is -0.874. The van der Waals surface area contributed by atoms with E-state index in [2.05, 4.69) is 81.5 Å². The minimum atomic E-state index is -0.780. The van der Waals surface area contributed by atoms with Crippen molar-refractivity contribution in [2.24, 2.45) is 0 Å². The lowest BCUT2D eigenvalue weighted by Gasteiger charge is -2.18. The molecule has 1 unspecified atom stereocenters. The number of unbranched alkanes of at least 4 members (excludes halogenated alkanes) is 39. The van der Waals surface area contributed by atoms with Crippen LogP contribution in [0, 0.1) is 0 Å². The normalized spacial score (nSPS) is 12.4. The molecule has 436 valence electrons. The Morgan fingerprint density at radius 1 is 0.267 bits per heavy atom. The van der Waals surface area contributed by atoms with Gasteiger partial charge >= 0.3 is 17.9 Å². The molecule has 0 amide bonds. The Hall–Kier alpha value is -2.89. The summed E-state index contributed by atoms with van der Waals surface area (Å²) in [5, 5.41) is 0. The summed E-state index contributed by atoms with van der Waals surface area (Å²) in [7, 11) is 0. The SMILES string of the molecule is CCCCC/C=C\C/C=C\CCCCCCCCCCCC(=O)OC(COC(=O)CCCCCCC/C=C\CCCCCC)COC(=O)CCCCCCCCCCCCCCC/C=C\C/C=C\CCCCCCC. The molecule has 0 aliphatic carbocycles. The van der Waals surface area contributed by atoms with Crippen LogP contribution < -0.4 is 0 Å². The first-order valence-corrected chi connectivity index (χ1v) is 32.8. The zero-order chi connectivity index (χ0) is 54.3. The van der Waals surface area contributed by atoms with Crippen LogP contribution in [0.15, 0.2) is 60.8 Å². The first-order chi connectivity index (χ1) is 37.0. The monoisotopic (exact) mass is 1050 g/mol. The van der Waals surface area contributed by atoms with Gasteiger partial charge in [0.15, 0.2) is 6.10 Å². The maximum Gasteiger partial charge on any atom is 0.306 e. The number of hydrogen-bond donors (Lipinski definition) is 0. The van der Waals surface area contributed by atoms with Crippen molar-refractivity contribution in [1.82, 2.24) is 0 Å².